The molecule has 1 aromatic heterocycles. The van der Waals surface area contributed by atoms with Gasteiger partial charge in [-0.2, -0.15) is 0 Å². The molecule has 1 heterocycles. The van der Waals surface area contributed by atoms with E-state index in [1.54, 1.807) is 11.3 Å². The molecule has 1 aromatic rings. The van der Waals surface area contributed by atoms with E-state index in [4.69, 9.17) is 5.84 Å². The number of thiophene rings is 1. The molecule has 3 N–H and O–H groups in total. The normalized spacial score (nSPS) is 13.6. The van der Waals surface area contributed by atoms with Crippen molar-refractivity contribution in [3.05, 3.63) is 20.8 Å². The lowest BCUT2D eigenvalue weighted by Gasteiger charge is -2.16. The van der Waals surface area contributed by atoms with Gasteiger partial charge in [0, 0.05) is 6.04 Å². The van der Waals surface area contributed by atoms with Crippen molar-refractivity contribution in [3.8, 4) is 0 Å². The molecule has 1 rings (SSSR count). The Morgan fingerprint density at radius 1 is 1.62 bits per heavy atom. The summed E-state index contributed by atoms with van der Waals surface area (Å²) >= 11 is 5.14. The fraction of sp³-hybridized carbons (Fsp3) is 0.556. The number of hydrogen-bond donors (Lipinski definition) is 2. The summed E-state index contributed by atoms with van der Waals surface area (Å²) in [7, 11) is 0. The molecule has 1 atom stereocenters. The first-order chi connectivity index (χ1) is 6.13. The van der Waals surface area contributed by atoms with Crippen LogP contribution in [0.4, 0.5) is 0 Å². The lowest BCUT2D eigenvalue weighted by atomic mass is 10.00. The molecule has 0 aliphatic carbocycles. The van der Waals surface area contributed by atoms with Crippen LogP contribution in [0.1, 0.15) is 31.9 Å². The molecule has 0 spiro atoms. The van der Waals surface area contributed by atoms with E-state index in [1.165, 1.54) is 5.56 Å². The van der Waals surface area contributed by atoms with Gasteiger partial charge in [0.15, 0.2) is 0 Å². The van der Waals surface area contributed by atoms with Crippen molar-refractivity contribution < 1.29 is 0 Å². The lowest BCUT2D eigenvalue weighted by molar-refractivity contribution is 0.439. The van der Waals surface area contributed by atoms with Crippen molar-refractivity contribution in [1.29, 1.82) is 0 Å². The first-order valence-electron chi connectivity index (χ1n) is 4.33. The second-order valence-corrected chi connectivity index (χ2v) is 5.82. The van der Waals surface area contributed by atoms with E-state index in [1.807, 2.05) is 0 Å². The summed E-state index contributed by atoms with van der Waals surface area (Å²) < 4.78 is 1.16. The summed E-state index contributed by atoms with van der Waals surface area (Å²) in [5, 5.41) is 2.14. The second-order valence-electron chi connectivity index (χ2n) is 3.53. The Morgan fingerprint density at radius 3 is 2.69 bits per heavy atom. The topological polar surface area (TPSA) is 38.0 Å². The predicted molar refractivity (Wildman–Crippen MR) is 61.5 cm³/mol. The zero-order valence-corrected chi connectivity index (χ0v) is 10.3. The van der Waals surface area contributed by atoms with Crippen molar-refractivity contribution in [2.24, 2.45) is 11.8 Å². The largest absolute Gasteiger partial charge is 0.271 e. The number of nitrogens with two attached hydrogens (primary N) is 1. The van der Waals surface area contributed by atoms with E-state index in [2.05, 4.69) is 46.6 Å². The van der Waals surface area contributed by atoms with Crippen molar-refractivity contribution in [2.45, 2.75) is 26.3 Å². The van der Waals surface area contributed by atoms with Crippen LogP contribution in [0.25, 0.3) is 0 Å². The van der Waals surface area contributed by atoms with Crippen LogP contribution in [-0.4, -0.2) is 0 Å². The molecule has 0 amide bonds. The van der Waals surface area contributed by atoms with Crippen LogP contribution >= 0.6 is 27.3 Å². The average Bonchev–Trinajstić information content (AvgIpc) is 2.47. The molecule has 1 unspecified atom stereocenters. The molecule has 0 bridgehead atoms. The molecule has 0 radical (unpaired) electrons. The Morgan fingerprint density at radius 2 is 2.31 bits per heavy atom. The highest BCUT2D eigenvalue weighted by atomic mass is 79.9. The number of nitrogens with one attached hydrogen (secondary N) is 1. The third-order valence-corrected chi connectivity index (χ3v) is 3.42. The summed E-state index contributed by atoms with van der Waals surface area (Å²) in [6.07, 6.45) is 1.07. The third kappa shape index (κ3) is 3.38. The molecule has 0 aromatic carbocycles. The Kier molecular flexibility index (Phi) is 4.38. The number of hydrazine groups is 1. The quantitative estimate of drug-likeness (QED) is 0.647. The molecule has 2 nitrogen and oxygen atoms in total. The first-order valence-corrected chi connectivity index (χ1v) is 6.00. The van der Waals surface area contributed by atoms with Crippen LogP contribution < -0.4 is 11.3 Å². The maximum Gasteiger partial charge on any atom is 0.0701 e. The smallest absolute Gasteiger partial charge is 0.0701 e. The van der Waals surface area contributed by atoms with Crippen LogP contribution in [0.5, 0.6) is 0 Å². The monoisotopic (exact) mass is 262 g/mol. The van der Waals surface area contributed by atoms with E-state index in [-0.39, 0.29) is 6.04 Å². The van der Waals surface area contributed by atoms with Crippen molar-refractivity contribution >= 4 is 27.3 Å². The summed E-state index contributed by atoms with van der Waals surface area (Å²) in [5.74, 6) is 6.15. The minimum atomic E-state index is 0.280. The Labute approximate surface area is 91.6 Å². The third-order valence-electron chi connectivity index (χ3n) is 1.90. The molecule has 0 saturated heterocycles. The van der Waals surface area contributed by atoms with Gasteiger partial charge in [-0.25, -0.2) is 0 Å². The zero-order valence-electron chi connectivity index (χ0n) is 7.88. The van der Waals surface area contributed by atoms with E-state index in [0.717, 1.165) is 10.2 Å². The van der Waals surface area contributed by atoms with E-state index >= 15 is 0 Å². The number of halogens is 1. The highest BCUT2D eigenvalue weighted by Gasteiger charge is 2.12. The highest BCUT2D eigenvalue weighted by Crippen LogP contribution is 2.28. The van der Waals surface area contributed by atoms with E-state index in [9.17, 15) is 0 Å². The van der Waals surface area contributed by atoms with Gasteiger partial charge in [0.05, 0.1) is 3.79 Å². The van der Waals surface area contributed by atoms with Crippen LogP contribution in [0.15, 0.2) is 15.2 Å². The van der Waals surface area contributed by atoms with Gasteiger partial charge in [-0.3, -0.25) is 11.3 Å². The average molecular weight is 263 g/mol. The summed E-state index contributed by atoms with van der Waals surface area (Å²) in [6.45, 7) is 4.40. The fourth-order valence-electron chi connectivity index (χ4n) is 1.28. The Bertz CT molecular complexity index is 260. The van der Waals surface area contributed by atoms with Gasteiger partial charge >= 0.3 is 0 Å². The van der Waals surface area contributed by atoms with Gasteiger partial charge in [0.25, 0.3) is 0 Å². The summed E-state index contributed by atoms with van der Waals surface area (Å²) in [5.41, 5.74) is 4.12. The van der Waals surface area contributed by atoms with E-state index in [0.29, 0.717) is 5.92 Å². The van der Waals surface area contributed by atoms with Gasteiger partial charge in [0.1, 0.15) is 0 Å². The molecular weight excluding hydrogens is 248 g/mol. The van der Waals surface area contributed by atoms with Crippen molar-refractivity contribution in [1.82, 2.24) is 5.43 Å². The van der Waals surface area contributed by atoms with Crippen LogP contribution in [0, 0.1) is 5.92 Å². The summed E-state index contributed by atoms with van der Waals surface area (Å²) in [4.78, 5) is 0. The minimum Gasteiger partial charge on any atom is -0.271 e. The molecule has 0 aliphatic heterocycles. The van der Waals surface area contributed by atoms with Gasteiger partial charge in [-0.05, 0) is 45.3 Å². The van der Waals surface area contributed by atoms with Crippen LogP contribution in [-0.2, 0) is 0 Å². The summed E-state index contributed by atoms with van der Waals surface area (Å²) in [6, 6.07) is 2.40. The molecule has 74 valence electrons. The van der Waals surface area contributed by atoms with Crippen LogP contribution in [0.2, 0.25) is 0 Å². The molecule has 0 saturated carbocycles. The maximum atomic E-state index is 5.50. The predicted octanol–water partition coefficient (Wildman–Crippen LogP) is 3.06. The molecular formula is C9H15BrN2S. The van der Waals surface area contributed by atoms with Gasteiger partial charge < -0.3 is 0 Å². The number of hydrogen-bond acceptors (Lipinski definition) is 3. The Hall–Kier alpha value is 0.100. The molecule has 0 fully saturated rings. The lowest BCUT2D eigenvalue weighted by Crippen LogP contribution is -2.28. The highest BCUT2D eigenvalue weighted by molar-refractivity contribution is 9.11. The second kappa shape index (κ2) is 5.10. The first kappa shape index (κ1) is 11.2. The standard InChI is InChI=1S/C9H15BrN2S/c1-6(2)3-8(12-11)7-4-9(10)13-5-7/h4-6,8,12H,3,11H2,1-2H3. The molecule has 4 heteroatoms. The van der Waals surface area contributed by atoms with Gasteiger partial charge in [0.2, 0.25) is 0 Å². The van der Waals surface area contributed by atoms with Crippen molar-refractivity contribution in [3.63, 3.8) is 0 Å². The minimum absolute atomic E-state index is 0.280. The van der Waals surface area contributed by atoms with Crippen LogP contribution in [0.3, 0.4) is 0 Å². The molecule has 0 aliphatic rings. The number of rotatable bonds is 4. The van der Waals surface area contributed by atoms with Crippen molar-refractivity contribution in [2.75, 3.05) is 0 Å². The fourth-order valence-corrected chi connectivity index (χ4v) is 2.51. The van der Waals surface area contributed by atoms with Gasteiger partial charge in [-0.1, -0.05) is 13.8 Å². The van der Waals surface area contributed by atoms with E-state index < -0.39 is 0 Å². The maximum absolute atomic E-state index is 5.50. The Balaban J connectivity index is 2.66. The van der Waals surface area contributed by atoms with Gasteiger partial charge in [-0.15, -0.1) is 11.3 Å². The molecule has 13 heavy (non-hydrogen) atoms. The zero-order chi connectivity index (χ0) is 9.84. The SMILES string of the molecule is CC(C)CC(NN)c1csc(Br)c1.